The number of hydrogen-bond acceptors (Lipinski definition) is 3. The number of ether oxygens (including phenoxy) is 1. The number of rotatable bonds is 4. The van der Waals surface area contributed by atoms with Crippen molar-refractivity contribution in [1.29, 1.82) is 0 Å². The molecule has 39 heavy (non-hydrogen) atoms. The first kappa shape index (κ1) is 26.5. The van der Waals surface area contributed by atoms with Gasteiger partial charge in [0, 0.05) is 49.4 Å². The molecule has 2 heterocycles. The summed E-state index contributed by atoms with van der Waals surface area (Å²) in [6, 6.07) is 22.6. The number of amides is 2. The maximum absolute atomic E-state index is 14.3. The minimum atomic E-state index is -0.576. The Hall–Kier alpha value is -4.13. The van der Waals surface area contributed by atoms with E-state index in [1.54, 1.807) is 21.9 Å². The topological polar surface area (TPSA) is 54.8 Å². The van der Waals surface area contributed by atoms with Crippen molar-refractivity contribution in [2.24, 2.45) is 0 Å². The Labute approximate surface area is 228 Å². The van der Waals surface area contributed by atoms with Crippen LogP contribution in [0.5, 0.6) is 0 Å². The first-order valence-electron chi connectivity index (χ1n) is 13.3. The van der Waals surface area contributed by atoms with Crippen LogP contribution in [0.3, 0.4) is 0 Å². The Balaban J connectivity index is 1.56. The van der Waals surface area contributed by atoms with Gasteiger partial charge >= 0.3 is 6.09 Å². The summed E-state index contributed by atoms with van der Waals surface area (Å²) in [7, 11) is 0. The van der Waals surface area contributed by atoms with Crippen LogP contribution in [0.25, 0.3) is 16.6 Å². The fraction of sp³-hybridized carbons (Fsp3) is 0.312. The van der Waals surface area contributed by atoms with Crippen LogP contribution in [0.2, 0.25) is 0 Å². The summed E-state index contributed by atoms with van der Waals surface area (Å²) in [4.78, 5) is 30.3. The normalized spacial score (nSPS) is 14.1. The van der Waals surface area contributed by atoms with Gasteiger partial charge in [0.05, 0.1) is 11.1 Å². The third-order valence-corrected chi connectivity index (χ3v) is 7.09. The molecule has 2 amide bonds. The van der Waals surface area contributed by atoms with Gasteiger partial charge in [-0.05, 0) is 69.2 Å². The third kappa shape index (κ3) is 5.53. The minimum Gasteiger partial charge on any atom is -0.444 e. The zero-order chi connectivity index (χ0) is 27.7. The van der Waals surface area contributed by atoms with Crippen LogP contribution < -0.4 is 0 Å². The lowest BCUT2D eigenvalue weighted by atomic mass is 9.99. The number of carbonyl (C=O) groups is 2. The van der Waals surface area contributed by atoms with Gasteiger partial charge in [0.25, 0.3) is 5.91 Å². The van der Waals surface area contributed by atoms with Crippen LogP contribution in [0.1, 0.15) is 48.0 Å². The number of aryl methyl sites for hydroxylation is 1. The van der Waals surface area contributed by atoms with Crippen LogP contribution in [-0.2, 0) is 11.2 Å². The molecule has 7 heteroatoms. The highest BCUT2D eigenvalue weighted by atomic mass is 19.1. The molecule has 1 aromatic heterocycles. The quantitative estimate of drug-likeness (QED) is 0.310. The molecule has 1 fully saturated rings. The van der Waals surface area contributed by atoms with E-state index in [0.29, 0.717) is 38.2 Å². The van der Waals surface area contributed by atoms with E-state index in [4.69, 9.17) is 4.74 Å². The fourth-order valence-corrected chi connectivity index (χ4v) is 5.16. The Morgan fingerprint density at radius 1 is 0.872 bits per heavy atom. The molecule has 3 aromatic carbocycles. The summed E-state index contributed by atoms with van der Waals surface area (Å²) in [5, 5.41) is 0.852. The minimum absolute atomic E-state index is 0.0891. The molecule has 6 nitrogen and oxygen atoms in total. The molecule has 1 saturated heterocycles. The number of piperazine rings is 1. The van der Waals surface area contributed by atoms with Gasteiger partial charge in [-0.3, -0.25) is 4.79 Å². The number of nitrogens with zero attached hydrogens (tertiary/aromatic N) is 3. The number of fused-ring (bicyclic) bond motifs is 1. The van der Waals surface area contributed by atoms with Crippen LogP contribution >= 0.6 is 0 Å². The number of carbonyl (C=O) groups excluding carboxylic acids is 2. The summed E-state index contributed by atoms with van der Waals surface area (Å²) in [6.45, 7) is 9.09. The van der Waals surface area contributed by atoms with E-state index < -0.39 is 5.60 Å². The number of halogens is 1. The molecule has 0 aliphatic carbocycles. The predicted octanol–water partition coefficient (Wildman–Crippen LogP) is 6.36. The van der Waals surface area contributed by atoms with Crippen molar-refractivity contribution in [2.45, 2.75) is 39.7 Å². The van der Waals surface area contributed by atoms with Gasteiger partial charge < -0.3 is 19.1 Å². The van der Waals surface area contributed by atoms with E-state index in [2.05, 4.69) is 4.57 Å². The molecule has 0 bridgehead atoms. The smallest absolute Gasteiger partial charge is 0.410 e. The zero-order valence-corrected chi connectivity index (χ0v) is 22.9. The Morgan fingerprint density at radius 2 is 1.51 bits per heavy atom. The van der Waals surface area contributed by atoms with Crippen molar-refractivity contribution < 1.29 is 18.7 Å². The second-order valence-electron chi connectivity index (χ2n) is 11.0. The van der Waals surface area contributed by atoms with E-state index in [0.717, 1.165) is 33.4 Å². The number of hydrogen-bond donors (Lipinski definition) is 0. The lowest BCUT2D eigenvalue weighted by molar-refractivity contribution is 0.0141. The Kier molecular flexibility index (Phi) is 7.17. The molecular formula is C32H34FN3O3. The Bertz CT molecular complexity index is 1510. The Morgan fingerprint density at radius 3 is 2.21 bits per heavy atom. The predicted molar refractivity (Wildman–Crippen MR) is 151 cm³/mol. The van der Waals surface area contributed by atoms with Crippen LogP contribution in [0.15, 0.2) is 72.8 Å². The molecule has 1 aliphatic heterocycles. The maximum Gasteiger partial charge on any atom is 0.410 e. The van der Waals surface area contributed by atoms with Crippen molar-refractivity contribution in [1.82, 2.24) is 14.4 Å². The molecule has 4 aromatic rings. The van der Waals surface area contributed by atoms with E-state index in [9.17, 15) is 14.0 Å². The molecule has 0 N–H and O–H groups in total. The van der Waals surface area contributed by atoms with Crippen molar-refractivity contribution in [3.05, 3.63) is 101 Å². The van der Waals surface area contributed by atoms with E-state index in [1.165, 1.54) is 6.07 Å². The molecule has 0 saturated carbocycles. The van der Waals surface area contributed by atoms with Gasteiger partial charge in [0.1, 0.15) is 11.4 Å². The van der Waals surface area contributed by atoms with E-state index in [1.807, 2.05) is 82.3 Å². The SMILES string of the molecule is Cc1ccc(F)cc1Cc1c(C(=O)N2CCN(C(=O)OC(C)(C)C)CC2)c2ccccc2n1-c1ccccc1. The average Bonchev–Trinajstić information content (AvgIpc) is 3.23. The summed E-state index contributed by atoms with van der Waals surface area (Å²) in [5.74, 6) is -0.391. The monoisotopic (exact) mass is 527 g/mol. The summed E-state index contributed by atoms with van der Waals surface area (Å²) in [5.41, 5.74) is 4.51. The second kappa shape index (κ2) is 10.6. The van der Waals surface area contributed by atoms with Crippen LogP contribution in [0, 0.1) is 12.7 Å². The summed E-state index contributed by atoms with van der Waals surface area (Å²) in [6.07, 6.45) is 0.0316. The van der Waals surface area contributed by atoms with Gasteiger partial charge in [-0.15, -0.1) is 0 Å². The lowest BCUT2D eigenvalue weighted by Gasteiger charge is -2.35. The molecule has 1 aliphatic rings. The second-order valence-corrected chi connectivity index (χ2v) is 11.0. The maximum atomic E-state index is 14.3. The number of aromatic nitrogens is 1. The summed E-state index contributed by atoms with van der Waals surface area (Å²) >= 11 is 0. The van der Waals surface area contributed by atoms with Gasteiger partial charge in [-0.2, -0.15) is 0 Å². The van der Waals surface area contributed by atoms with Gasteiger partial charge in [0.15, 0.2) is 0 Å². The van der Waals surface area contributed by atoms with Crippen LogP contribution in [-0.4, -0.2) is 58.1 Å². The molecular weight excluding hydrogens is 493 g/mol. The molecule has 202 valence electrons. The number of benzene rings is 3. The molecule has 0 radical (unpaired) electrons. The van der Waals surface area contributed by atoms with Gasteiger partial charge in [-0.25, -0.2) is 9.18 Å². The lowest BCUT2D eigenvalue weighted by Crippen LogP contribution is -2.51. The third-order valence-electron chi connectivity index (χ3n) is 7.09. The average molecular weight is 528 g/mol. The van der Waals surface area contributed by atoms with Crippen molar-refractivity contribution in [3.63, 3.8) is 0 Å². The van der Waals surface area contributed by atoms with Crippen LogP contribution in [0.4, 0.5) is 9.18 Å². The molecule has 0 atom stereocenters. The highest BCUT2D eigenvalue weighted by molar-refractivity contribution is 6.09. The first-order valence-corrected chi connectivity index (χ1v) is 13.3. The zero-order valence-electron chi connectivity index (χ0n) is 22.9. The van der Waals surface area contributed by atoms with Crippen molar-refractivity contribution in [3.8, 4) is 5.69 Å². The van der Waals surface area contributed by atoms with E-state index in [-0.39, 0.29) is 17.8 Å². The van der Waals surface area contributed by atoms with Gasteiger partial charge in [-0.1, -0.05) is 42.5 Å². The molecule has 0 unspecified atom stereocenters. The van der Waals surface area contributed by atoms with E-state index >= 15 is 0 Å². The highest BCUT2D eigenvalue weighted by Gasteiger charge is 2.31. The molecule has 0 spiro atoms. The van der Waals surface area contributed by atoms with Crippen molar-refractivity contribution >= 4 is 22.9 Å². The summed E-state index contributed by atoms with van der Waals surface area (Å²) < 4.78 is 21.9. The van der Waals surface area contributed by atoms with Crippen molar-refractivity contribution in [2.75, 3.05) is 26.2 Å². The number of para-hydroxylation sites is 2. The standard InChI is InChI=1S/C32H34FN3O3/c1-22-14-15-24(33)20-23(22)21-28-29(26-12-8-9-13-27(26)36(28)25-10-6-5-7-11-25)30(37)34-16-18-35(19-17-34)31(38)39-32(2,3)4/h5-15,20H,16-19,21H2,1-4H3. The highest BCUT2D eigenvalue weighted by Crippen LogP contribution is 2.33. The van der Waals surface area contributed by atoms with Gasteiger partial charge in [0.2, 0.25) is 0 Å². The first-order chi connectivity index (χ1) is 18.6. The fourth-order valence-electron chi connectivity index (χ4n) is 5.16. The largest absolute Gasteiger partial charge is 0.444 e. The molecule has 5 rings (SSSR count).